The van der Waals surface area contributed by atoms with Crippen molar-refractivity contribution in [2.75, 3.05) is 11.2 Å². The fraction of sp³-hybridized carbons (Fsp3) is 0.300. The molecule has 0 radical (unpaired) electrons. The zero-order valence-electron chi connectivity index (χ0n) is 10.4. The number of thioether (sulfide) groups is 1. The topological polar surface area (TPSA) is 106 Å². The van der Waals surface area contributed by atoms with Crippen LogP contribution in [-0.2, 0) is 4.79 Å². The molecule has 0 unspecified atom stereocenters. The molecule has 0 aliphatic carbocycles. The van der Waals surface area contributed by atoms with Crippen molar-refractivity contribution in [3.63, 3.8) is 0 Å². The van der Waals surface area contributed by atoms with Crippen molar-refractivity contribution in [1.82, 2.24) is 24.8 Å². The zero-order valence-corrected chi connectivity index (χ0v) is 11.2. The first-order valence-corrected chi connectivity index (χ1v) is 6.40. The molecule has 2 N–H and O–H groups in total. The summed E-state index contributed by atoms with van der Waals surface area (Å²) in [6.45, 7) is 3.73. The number of aryl methyl sites for hydroxylation is 2. The van der Waals surface area contributed by atoms with E-state index in [9.17, 15) is 9.59 Å². The van der Waals surface area contributed by atoms with Gasteiger partial charge in [-0.3, -0.25) is 10.2 Å². The van der Waals surface area contributed by atoms with Crippen molar-refractivity contribution in [2.45, 2.75) is 19.0 Å². The quantitative estimate of drug-likeness (QED) is 0.595. The monoisotopic (exact) mass is 280 g/mol. The van der Waals surface area contributed by atoms with Gasteiger partial charge in [0, 0.05) is 11.4 Å². The van der Waals surface area contributed by atoms with Gasteiger partial charge in [0.2, 0.25) is 5.91 Å². The van der Waals surface area contributed by atoms with Gasteiger partial charge in [0.25, 0.3) is 0 Å². The molecule has 100 valence electrons. The molecule has 0 aliphatic heterocycles. The van der Waals surface area contributed by atoms with E-state index in [0.717, 1.165) is 16.1 Å². The first kappa shape index (κ1) is 13.3. The van der Waals surface area contributed by atoms with Crippen LogP contribution in [0.5, 0.6) is 0 Å². The molecule has 19 heavy (non-hydrogen) atoms. The molecule has 0 fully saturated rings. The molecule has 0 saturated heterocycles. The lowest BCUT2D eigenvalue weighted by Crippen LogP contribution is -2.31. The second-order valence-electron chi connectivity index (χ2n) is 3.79. The fourth-order valence-corrected chi connectivity index (χ4v) is 2.12. The largest absolute Gasteiger partial charge is 0.362 e. The van der Waals surface area contributed by atoms with E-state index in [1.165, 1.54) is 18.1 Å². The molecule has 9 heteroatoms. The lowest BCUT2D eigenvalue weighted by atomic mass is 10.4. The molecular weight excluding hydrogens is 268 g/mol. The molecule has 0 bridgehead atoms. The smallest absolute Gasteiger partial charge is 0.272 e. The summed E-state index contributed by atoms with van der Waals surface area (Å²) in [5, 5.41) is 6.20. The first-order chi connectivity index (χ1) is 9.04. The zero-order chi connectivity index (χ0) is 13.8. The van der Waals surface area contributed by atoms with Crippen LogP contribution in [-0.4, -0.2) is 36.5 Å². The number of rotatable bonds is 4. The number of H-pyrrole nitrogens is 1. The van der Waals surface area contributed by atoms with Gasteiger partial charge < -0.3 is 0 Å². The maximum atomic E-state index is 11.6. The van der Waals surface area contributed by atoms with Crippen molar-refractivity contribution in [3.8, 4) is 0 Å². The predicted octanol–water partition coefficient (Wildman–Crippen LogP) is -0.159. The number of carbonyl (C=O) groups excluding carboxylic acids is 1. The van der Waals surface area contributed by atoms with Crippen LogP contribution in [0.1, 0.15) is 11.4 Å². The van der Waals surface area contributed by atoms with Crippen LogP contribution in [0.3, 0.4) is 0 Å². The molecule has 2 heterocycles. The predicted molar refractivity (Wildman–Crippen MR) is 69.4 cm³/mol. The molecule has 2 aromatic heterocycles. The third-order valence-electron chi connectivity index (χ3n) is 2.09. The summed E-state index contributed by atoms with van der Waals surface area (Å²) in [5.74, 6) is -0.225. The van der Waals surface area contributed by atoms with Gasteiger partial charge in [-0.1, -0.05) is 11.8 Å². The van der Waals surface area contributed by atoms with E-state index in [0.29, 0.717) is 5.16 Å². The summed E-state index contributed by atoms with van der Waals surface area (Å²) in [5.41, 5.74) is 3.58. The van der Waals surface area contributed by atoms with Gasteiger partial charge in [-0.25, -0.2) is 19.9 Å². The fourth-order valence-electron chi connectivity index (χ4n) is 1.38. The number of amides is 1. The van der Waals surface area contributed by atoms with Gasteiger partial charge in [0.15, 0.2) is 5.16 Å². The average molecular weight is 280 g/mol. The van der Waals surface area contributed by atoms with E-state index in [2.05, 4.69) is 25.6 Å². The van der Waals surface area contributed by atoms with E-state index < -0.39 is 5.69 Å². The van der Waals surface area contributed by atoms with Gasteiger partial charge in [-0.05, 0) is 19.9 Å². The van der Waals surface area contributed by atoms with Gasteiger partial charge >= 0.3 is 5.69 Å². The minimum absolute atomic E-state index is 0.112. The van der Waals surface area contributed by atoms with Crippen molar-refractivity contribution in [1.29, 1.82) is 0 Å². The summed E-state index contributed by atoms with van der Waals surface area (Å²) < 4.78 is 0.977. The highest BCUT2D eigenvalue weighted by molar-refractivity contribution is 7.99. The summed E-state index contributed by atoms with van der Waals surface area (Å²) in [6, 6.07) is 1.86. The Bertz CT molecular complexity index is 629. The molecular formula is C10H12N6O2S. The van der Waals surface area contributed by atoms with E-state index in [4.69, 9.17) is 0 Å². The number of aromatic nitrogens is 5. The van der Waals surface area contributed by atoms with Crippen LogP contribution < -0.4 is 11.1 Å². The maximum absolute atomic E-state index is 11.6. The van der Waals surface area contributed by atoms with Gasteiger partial charge in [-0.2, -0.15) is 9.77 Å². The second-order valence-corrected chi connectivity index (χ2v) is 4.73. The SMILES string of the molecule is Cc1cc(C)nc(SCC(=O)Nn2cn[nH]c2=O)n1. The van der Waals surface area contributed by atoms with Crippen LogP contribution in [0, 0.1) is 13.8 Å². The molecule has 2 aromatic rings. The molecule has 0 spiro atoms. The highest BCUT2D eigenvalue weighted by atomic mass is 32.2. The van der Waals surface area contributed by atoms with Crippen molar-refractivity contribution < 1.29 is 4.79 Å². The summed E-state index contributed by atoms with van der Waals surface area (Å²) in [4.78, 5) is 31.1. The van der Waals surface area contributed by atoms with E-state index >= 15 is 0 Å². The number of carbonyl (C=O) groups is 1. The molecule has 0 saturated carbocycles. The Balaban J connectivity index is 1.93. The van der Waals surface area contributed by atoms with E-state index in [1.807, 2.05) is 19.9 Å². The van der Waals surface area contributed by atoms with Gasteiger partial charge in [-0.15, -0.1) is 0 Å². The van der Waals surface area contributed by atoms with Crippen molar-refractivity contribution in [3.05, 3.63) is 34.3 Å². The molecule has 0 aliphatic rings. The Hall–Kier alpha value is -2.16. The normalized spacial score (nSPS) is 10.4. The highest BCUT2D eigenvalue weighted by Crippen LogP contribution is 2.13. The van der Waals surface area contributed by atoms with Crippen molar-refractivity contribution >= 4 is 17.7 Å². The lowest BCUT2D eigenvalue weighted by molar-refractivity contribution is -0.114. The van der Waals surface area contributed by atoms with Crippen LogP contribution in [0.4, 0.5) is 0 Å². The Morgan fingerprint density at radius 3 is 2.68 bits per heavy atom. The molecule has 1 amide bonds. The number of nitrogens with one attached hydrogen (secondary N) is 2. The van der Waals surface area contributed by atoms with Crippen LogP contribution in [0.25, 0.3) is 0 Å². The van der Waals surface area contributed by atoms with Crippen molar-refractivity contribution in [2.24, 2.45) is 0 Å². The third kappa shape index (κ3) is 3.65. The maximum Gasteiger partial charge on any atom is 0.362 e. The minimum Gasteiger partial charge on any atom is -0.272 e. The average Bonchev–Trinajstić information content (AvgIpc) is 2.71. The Morgan fingerprint density at radius 2 is 2.11 bits per heavy atom. The standard InChI is InChI=1S/C10H12N6O2S/c1-6-3-7(2)13-9(12-6)19-4-8(17)15-16-5-11-14-10(16)18/h3,5H,4H2,1-2H3,(H,14,18)(H,15,17). The lowest BCUT2D eigenvalue weighted by Gasteiger charge is -2.04. The highest BCUT2D eigenvalue weighted by Gasteiger charge is 2.07. The molecule has 2 rings (SSSR count). The summed E-state index contributed by atoms with van der Waals surface area (Å²) >= 11 is 1.20. The van der Waals surface area contributed by atoms with Crippen LogP contribution >= 0.6 is 11.8 Å². The molecule has 0 atom stereocenters. The second kappa shape index (κ2) is 5.65. The third-order valence-corrected chi connectivity index (χ3v) is 2.94. The van der Waals surface area contributed by atoms with E-state index in [-0.39, 0.29) is 11.7 Å². The van der Waals surface area contributed by atoms with Gasteiger partial charge in [0.05, 0.1) is 5.75 Å². The Kier molecular flexibility index (Phi) is 3.95. The molecule has 8 nitrogen and oxygen atoms in total. The Labute approximate surface area is 112 Å². The number of nitrogens with zero attached hydrogens (tertiary/aromatic N) is 4. The summed E-state index contributed by atoms with van der Waals surface area (Å²) in [6.07, 6.45) is 1.19. The number of hydrogen-bond donors (Lipinski definition) is 2. The number of hydrogen-bond acceptors (Lipinski definition) is 6. The summed E-state index contributed by atoms with van der Waals surface area (Å²) in [7, 11) is 0. The van der Waals surface area contributed by atoms with Crippen LogP contribution in [0.15, 0.2) is 22.3 Å². The van der Waals surface area contributed by atoms with E-state index in [1.54, 1.807) is 0 Å². The Morgan fingerprint density at radius 1 is 1.42 bits per heavy atom. The minimum atomic E-state index is -0.499. The van der Waals surface area contributed by atoms with Crippen LogP contribution in [0.2, 0.25) is 0 Å². The first-order valence-electron chi connectivity index (χ1n) is 5.41. The number of aromatic amines is 1. The van der Waals surface area contributed by atoms with Gasteiger partial charge in [0.1, 0.15) is 6.33 Å². The molecule has 0 aromatic carbocycles.